The predicted molar refractivity (Wildman–Crippen MR) is 258 cm³/mol. The highest BCUT2D eigenvalue weighted by Gasteiger charge is 2.72. The van der Waals surface area contributed by atoms with Crippen LogP contribution >= 0.6 is 0 Å². The SMILES string of the molecule is FC(F)(F)C(c1ccc(OC2=CCC(c3nc(-c4ccccc4)nc(-c4ccccc4)n3)C=C2)cc1)(c1ccc(Oc2ccc(-c3nc(-c4ccccc4)nc(-c4ccccc4)n3)cc2)cc1)C(F)(F)F. The summed E-state index contributed by atoms with van der Waals surface area (Å²) in [5.41, 5.74) is -2.64. The summed E-state index contributed by atoms with van der Waals surface area (Å²) in [6, 6.07) is 52.0. The monoisotopic (exact) mass is 952 g/mol. The molecule has 1 atom stereocenters. The molecule has 10 rings (SSSR count). The molecule has 8 nitrogen and oxygen atoms in total. The summed E-state index contributed by atoms with van der Waals surface area (Å²) >= 11 is 0. The highest BCUT2D eigenvalue weighted by Crippen LogP contribution is 2.56. The van der Waals surface area contributed by atoms with Gasteiger partial charge in [-0.2, -0.15) is 26.3 Å². The van der Waals surface area contributed by atoms with E-state index in [9.17, 15) is 0 Å². The molecule has 7 aromatic carbocycles. The molecule has 0 fully saturated rings. The van der Waals surface area contributed by atoms with Crippen LogP contribution in [-0.2, 0) is 5.41 Å². The molecule has 2 heterocycles. The van der Waals surface area contributed by atoms with Gasteiger partial charge in [-0.25, -0.2) is 29.9 Å². The molecule has 0 N–H and O–H groups in total. The first kappa shape index (κ1) is 46.0. The number of hydrogen-bond donors (Lipinski definition) is 0. The fourth-order valence-corrected chi connectivity index (χ4v) is 8.27. The zero-order chi connectivity index (χ0) is 49.0. The molecule has 0 saturated heterocycles. The smallest absolute Gasteiger partial charge is 0.411 e. The van der Waals surface area contributed by atoms with Crippen LogP contribution in [0, 0.1) is 0 Å². The first-order valence-electron chi connectivity index (χ1n) is 22.3. The van der Waals surface area contributed by atoms with Crippen LogP contribution in [0.5, 0.6) is 17.2 Å². The first-order chi connectivity index (χ1) is 34.4. The first-order valence-corrected chi connectivity index (χ1v) is 22.3. The summed E-state index contributed by atoms with van der Waals surface area (Å²) in [5.74, 6) is 3.24. The second kappa shape index (κ2) is 19.3. The second-order valence-electron chi connectivity index (χ2n) is 16.4. The lowest BCUT2D eigenvalue weighted by molar-refractivity contribution is -0.288. The number of rotatable bonds is 12. The number of hydrogen-bond acceptors (Lipinski definition) is 8. The fraction of sp³-hybridized carbons (Fsp3) is 0.0877. The van der Waals surface area contributed by atoms with E-state index in [1.54, 1.807) is 36.4 Å². The lowest BCUT2D eigenvalue weighted by atomic mass is 9.73. The molecule has 1 aliphatic rings. The van der Waals surface area contributed by atoms with Gasteiger partial charge in [0.15, 0.2) is 29.1 Å². The Hall–Kier alpha value is -8.78. The number of allylic oxidation sites excluding steroid dienone is 3. The van der Waals surface area contributed by atoms with Gasteiger partial charge in [0.2, 0.25) is 5.41 Å². The van der Waals surface area contributed by atoms with Crippen molar-refractivity contribution in [2.75, 3.05) is 0 Å². The van der Waals surface area contributed by atoms with E-state index in [4.69, 9.17) is 39.4 Å². The van der Waals surface area contributed by atoms with Crippen molar-refractivity contribution in [2.24, 2.45) is 0 Å². The zero-order valence-electron chi connectivity index (χ0n) is 37.3. The van der Waals surface area contributed by atoms with Crippen LogP contribution in [-0.4, -0.2) is 42.3 Å². The van der Waals surface area contributed by atoms with Gasteiger partial charge in [0.25, 0.3) is 0 Å². The van der Waals surface area contributed by atoms with Crippen molar-refractivity contribution >= 4 is 0 Å². The van der Waals surface area contributed by atoms with Crippen molar-refractivity contribution in [3.8, 4) is 74.2 Å². The third-order valence-electron chi connectivity index (χ3n) is 11.8. The molecule has 14 heteroatoms. The zero-order valence-corrected chi connectivity index (χ0v) is 37.3. The molecule has 9 aromatic rings. The fourth-order valence-electron chi connectivity index (χ4n) is 8.27. The van der Waals surface area contributed by atoms with Crippen molar-refractivity contribution in [3.63, 3.8) is 0 Å². The highest BCUT2D eigenvalue weighted by atomic mass is 19.4. The van der Waals surface area contributed by atoms with E-state index in [0.717, 1.165) is 70.8 Å². The minimum Gasteiger partial charge on any atom is -0.458 e. The van der Waals surface area contributed by atoms with Crippen molar-refractivity contribution in [1.82, 2.24) is 29.9 Å². The Morgan fingerprint density at radius 1 is 0.366 bits per heavy atom. The van der Waals surface area contributed by atoms with E-state index >= 15 is 26.3 Å². The molecular formula is C57H38F6N6O2. The average Bonchev–Trinajstić information content (AvgIpc) is 3.40. The van der Waals surface area contributed by atoms with Gasteiger partial charge in [0.05, 0.1) is 0 Å². The normalized spacial score (nSPS) is 13.9. The molecule has 0 amide bonds. The molecule has 0 saturated carbocycles. The van der Waals surface area contributed by atoms with Crippen molar-refractivity contribution in [1.29, 1.82) is 0 Å². The van der Waals surface area contributed by atoms with Gasteiger partial charge in [0.1, 0.15) is 28.8 Å². The van der Waals surface area contributed by atoms with Gasteiger partial charge in [-0.1, -0.05) is 152 Å². The summed E-state index contributed by atoms with van der Waals surface area (Å²) in [4.78, 5) is 28.4. The number of benzene rings is 7. The molecule has 1 aliphatic carbocycles. The Labute approximate surface area is 403 Å². The van der Waals surface area contributed by atoms with E-state index in [2.05, 4.69) is 0 Å². The maximum absolute atomic E-state index is 15.2. The van der Waals surface area contributed by atoms with Gasteiger partial charge in [-0.15, -0.1) is 0 Å². The van der Waals surface area contributed by atoms with Gasteiger partial charge >= 0.3 is 12.4 Å². The van der Waals surface area contributed by atoms with Gasteiger partial charge in [-0.05, 0) is 78.2 Å². The second-order valence-corrected chi connectivity index (χ2v) is 16.4. The molecule has 2 aromatic heterocycles. The topological polar surface area (TPSA) is 95.8 Å². The number of ether oxygens (including phenoxy) is 2. The summed E-state index contributed by atoms with van der Waals surface area (Å²) in [6.07, 6.45) is -5.94. The van der Waals surface area contributed by atoms with Crippen LogP contribution in [0.4, 0.5) is 26.3 Å². The standard InChI is InChI=1S/C57H38F6N6O2/c58-56(59,60)55(57(61,62)63,43-25-33-47(34-26-43)70-45-29-21-41(22-30-45)53-66-49(37-13-5-1-6-14-37)64-50(67-53)38-15-7-2-8-16-38)44-27-35-48(36-28-44)71-46-31-23-42(24-32-46)54-68-51(39-17-9-3-10-18-39)65-52(69-54)40-19-11-4-12-20-40/h1-23,25-36,42H,24H2. The average molecular weight is 953 g/mol. The number of aromatic nitrogens is 6. The highest BCUT2D eigenvalue weighted by molar-refractivity contribution is 5.67. The van der Waals surface area contributed by atoms with E-state index in [0.29, 0.717) is 52.7 Å². The predicted octanol–water partition coefficient (Wildman–Crippen LogP) is 14.6. The molecular weight excluding hydrogens is 915 g/mol. The minimum atomic E-state index is -5.80. The van der Waals surface area contributed by atoms with E-state index in [1.165, 1.54) is 0 Å². The Balaban J connectivity index is 0.859. The van der Waals surface area contributed by atoms with Crippen LogP contribution in [0.15, 0.2) is 218 Å². The quantitative estimate of drug-likeness (QED) is 0.112. The largest absolute Gasteiger partial charge is 0.458 e. The Kier molecular flexibility index (Phi) is 12.5. The molecule has 0 aliphatic heterocycles. The Bertz CT molecular complexity index is 3210. The lowest BCUT2D eigenvalue weighted by Crippen LogP contribution is -2.54. The molecule has 1 unspecified atom stereocenters. The van der Waals surface area contributed by atoms with Crippen LogP contribution in [0.1, 0.15) is 29.3 Å². The van der Waals surface area contributed by atoms with Crippen LogP contribution in [0.3, 0.4) is 0 Å². The van der Waals surface area contributed by atoms with Crippen LogP contribution in [0.2, 0.25) is 0 Å². The number of alkyl halides is 6. The van der Waals surface area contributed by atoms with Gasteiger partial charge in [0, 0.05) is 33.7 Å². The summed E-state index contributed by atoms with van der Waals surface area (Å²) < 4.78 is 103. The third-order valence-corrected chi connectivity index (χ3v) is 11.8. The lowest BCUT2D eigenvalue weighted by Gasteiger charge is -2.38. The van der Waals surface area contributed by atoms with Crippen molar-refractivity contribution < 1.29 is 35.8 Å². The summed E-state index contributed by atoms with van der Waals surface area (Å²) in [5, 5.41) is 0. The van der Waals surface area contributed by atoms with Gasteiger partial charge < -0.3 is 9.47 Å². The Morgan fingerprint density at radius 3 is 1.03 bits per heavy atom. The summed E-state index contributed by atoms with van der Waals surface area (Å²) in [6.45, 7) is 0. The number of nitrogens with zero attached hydrogens (tertiary/aromatic N) is 6. The molecule has 350 valence electrons. The van der Waals surface area contributed by atoms with Gasteiger partial charge in [-0.3, -0.25) is 0 Å². The van der Waals surface area contributed by atoms with Crippen LogP contribution < -0.4 is 9.47 Å². The number of halogens is 6. The van der Waals surface area contributed by atoms with E-state index in [-0.39, 0.29) is 23.2 Å². The summed E-state index contributed by atoms with van der Waals surface area (Å²) in [7, 11) is 0. The minimum absolute atomic E-state index is 0.0150. The van der Waals surface area contributed by atoms with Crippen molar-refractivity contribution in [2.45, 2.75) is 30.1 Å². The molecule has 0 spiro atoms. The third kappa shape index (κ3) is 9.64. The van der Waals surface area contributed by atoms with E-state index in [1.807, 2.05) is 127 Å². The molecule has 0 radical (unpaired) electrons. The van der Waals surface area contributed by atoms with Crippen LogP contribution in [0.25, 0.3) is 56.9 Å². The molecule has 0 bridgehead atoms. The van der Waals surface area contributed by atoms with Crippen molar-refractivity contribution in [3.05, 3.63) is 235 Å². The Morgan fingerprint density at radius 2 is 0.690 bits per heavy atom. The maximum Gasteiger partial charge on any atom is 0.411 e. The molecule has 71 heavy (non-hydrogen) atoms. The van der Waals surface area contributed by atoms with E-state index < -0.39 is 28.9 Å². The maximum atomic E-state index is 15.2.